The van der Waals surface area contributed by atoms with Gasteiger partial charge in [-0.05, 0) is 38.0 Å². The molecule has 1 rings (SSSR count). The largest absolute Gasteiger partial charge is 0.390 e. The van der Waals surface area contributed by atoms with Crippen LogP contribution in [0.3, 0.4) is 0 Å². The van der Waals surface area contributed by atoms with E-state index in [0.29, 0.717) is 13.0 Å². The molecular formula is C14H21FO2. The minimum Gasteiger partial charge on any atom is -0.390 e. The highest BCUT2D eigenvalue weighted by molar-refractivity contribution is 5.17. The Kier molecular flexibility index (Phi) is 5.09. The number of hydrogen-bond donors (Lipinski definition) is 1. The maximum atomic E-state index is 13.0. The Balaban J connectivity index is 2.73. The molecule has 0 saturated heterocycles. The standard InChI is InChI=1S/C14H21FO2/c1-4-14(3,17-5-2)13(16)10-11-7-6-8-12(15)9-11/h6-9,13,16H,4-5,10H2,1-3H3. The molecule has 0 spiro atoms. The summed E-state index contributed by atoms with van der Waals surface area (Å²) in [6.07, 6.45) is 0.494. The molecule has 0 bridgehead atoms. The molecule has 0 aliphatic rings. The van der Waals surface area contributed by atoms with Gasteiger partial charge in [-0.1, -0.05) is 19.1 Å². The summed E-state index contributed by atoms with van der Waals surface area (Å²) in [6.45, 7) is 6.33. The smallest absolute Gasteiger partial charge is 0.123 e. The summed E-state index contributed by atoms with van der Waals surface area (Å²) < 4.78 is 18.6. The van der Waals surface area contributed by atoms with Gasteiger partial charge in [0.1, 0.15) is 5.82 Å². The van der Waals surface area contributed by atoms with Crippen molar-refractivity contribution in [1.29, 1.82) is 0 Å². The first kappa shape index (κ1) is 14.1. The highest BCUT2D eigenvalue weighted by Crippen LogP contribution is 2.23. The van der Waals surface area contributed by atoms with Gasteiger partial charge in [0.2, 0.25) is 0 Å². The molecule has 3 heteroatoms. The van der Waals surface area contributed by atoms with Crippen molar-refractivity contribution in [3.8, 4) is 0 Å². The van der Waals surface area contributed by atoms with E-state index >= 15 is 0 Å². The maximum absolute atomic E-state index is 13.0. The minimum absolute atomic E-state index is 0.274. The summed E-state index contributed by atoms with van der Waals surface area (Å²) in [5, 5.41) is 10.2. The molecule has 2 unspecified atom stereocenters. The molecule has 0 aromatic heterocycles. The fourth-order valence-electron chi connectivity index (χ4n) is 1.87. The summed E-state index contributed by atoms with van der Waals surface area (Å²) in [6, 6.07) is 6.32. The second-order valence-electron chi connectivity index (χ2n) is 4.45. The number of ether oxygens (including phenoxy) is 1. The van der Waals surface area contributed by atoms with Crippen LogP contribution in [0.15, 0.2) is 24.3 Å². The van der Waals surface area contributed by atoms with E-state index < -0.39 is 11.7 Å². The average molecular weight is 240 g/mol. The Morgan fingerprint density at radius 2 is 2.12 bits per heavy atom. The van der Waals surface area contributed by atoms with Gasteiger partial charge < -0.3 is 9.84 Å². The van der Waals surface area contributed by atoms with E-state index in [0.717, 1.165) is 12.0 Å². The van der Waals surface area contributed by atoms with E-state index in [9.17, 15) is 9.50 Å². The third-order valence-electron chi connectivity index (χ3n) is 3.20. The molecule has 0 fully saturated rings. The first-order valence-corrected chi connectivity index (χ1v) is 6.08. The summed E-state index contributed by atoms with van der Waals surface area (Å²) in [5.41, 5.74) is 0.220. The van der Waals surface area contributed by atoms with Crippen molar-refractivity contribution in [3.05, 3.63) is 35.6 Å². The topological polar surface area (TPSA) is 29.5 Å². The molecule has 1 aromatic rings. The van der Waals surface area contributed by atoms with E-state index in [1.807, 2.05) is 26.8 Å². The number of aliphatic hydroxyl groups is 1. The molecule has 96 valence electrons. The molecule has 0 radical (unpaired) electrons. The van der Waals surface area contributed by atoms with Crippen LogP contribution < -0.4 is 0 Å². The van der Waals surface area contributed by atoms with Crippen molar-refractivity contribution in [2.24, 2.45) is 0 Å². The molecular weight excluding hydrogens is 219 g/mol. The normalized spacial score (nSPS) is 16.5. The Labute approximate surface area is 102 Å². The van der Waals surface area contributed by atoms with Crippen molar-refractivity contribution >= 4 is 0 Å². The van der Waals surface area contributed by atoms with E-state index in [1.165, 1.54) is 12.1 Å². The maximum Gasteiger partial charge on any atom is 0.123 e. The van der Waals surface area contributed by atoms with Crippen LogP contribution in [0.2, 0.25) is 0 Å². The quantitative estimate of drug-likeness (QED) is 0.828. The predicted octanol–water partition coefficient (Wildman–Crippen LogP) is 2.93. The van der Waals surface area contributed by atoms with E-state index in [4.69, 9.17) is 4.74 Å². The summed E-state index contributed by atoms with van der Waals surface area (Å²) in [4.78, 5) is 0. The Bertz CT molecular complexity index is 354. The number of benzene rings is 1. The molecule has 0 aliphatic carbocycles. The van der Waals surface area contributed by atoms with Crippen LogP contribution in [0.4, 0.5) is 4.39 Å². The number of rotatable bonds is 6. The molecule has 1 N–H and O–H groups in total. The molecule has 1 aromatic carbocycles. The lowest BCUT2D eigenvalue weighted by Gasteiger charge is -2.33. The third-order valence-corrected chi connectivity index (χ3v) is 3.20. The monoisotopic (exact) mass is 240 g/mol. The van der Waals surface area contributed by atoms with Gasteiger partial charge in [-0.15, -0.1) is 0 Å². The molecule has 0 heterocycles. The van der Waals surface area contributed by atoms with Gasteiger partial charge in [-0.25, -0.2) is 4.39 Å². The number of aliphatic hydroxyl groups excluding tert-OH is 1. The van der Waals surface area contributed by atoms with Gasteiger partial charge in [0.25, 0.3) is 0 Å². The zero-order valence-corrected chi connectivity index (χ0v) is 10.7. The van der Waals surface area contributed by atoms with Crippen molar-refractivity contribution in [2.75, 3.05) is 6.61 Å². The van der Waals surface area contributed by atoms with E-state index in [-0.39, 0.29) is 5.82 Å². The molecule has 0 saturated carbocycles. The van der Waals surface area contributed by atoms with Crippen LogP contribution in [0, 0.1) is 5.82 Å². The molecule has 2 atom stereocenters. The van der Waals surface area contributed by atoms with Gasteiger partial charge in [0, 0.05) is 13.0 Å². The van der Waals surface area contributed by atoms with Crippen LogP contribution in [-0.2, 0) is 11.2 Å². The molecule has 2 nitrogen and oxygen atoms in total. The molecule has 0 aliphatic heterocycles. The van der Waals surface area contributed by atoms with Crippen molar-refractivity contribution in [3.63, 3.8) is 0 Å². The number of hydrogen-bond acceptors (Lipinski definition) is 2. The van der Waals surface area contributed by atoms with Crippen molar-refractivity contribution in [1.82, 2.24) is 0 Å². The van der Waals surface area contributed by atoms with Crippen LogP contribution in [0.25, 0.3) is 0 Å². The second kappa shape index (κ2) is 6.12. The third kappa shape index (κ3) is 3.79. The lowest BCUT2D eigenvalue weighted by molar-refractivity contribution is -0.110. The highest BCUT2D eigenvalue weighted by atomic mass is 19.1. The summed E-state index contributed by atoms with van der Waals surface area (Å²) in [7, 11) is 0. The van der Waals surface area contributed by atoms with Crippen molar-refractivity contribution < 1.29 is 14.2 Å². The number of halogens is 1. The van der Waals surface area contributed by atoms with Crippen molar-refractivity contribution in [2.45, 2.75) is 45.3 Å². The van der Waals surface area contributed by atoms with Gasteiger partial charge in [-0.2, -0.15) is 0 Å². The minimum atomic E-state index is -0.630. The van der Waals surface area contributed by atoms with Crippen LogP contribution in [0.5, 0.6) is 0 Å². The van der Waals surface area contributed by atoms with E-state index in [2.05, 4.69) is 0 Å². The van der Waals surface area contributed by atoms with Crippen LogP contribution >= 0.6 is 0 Å². The van der Waals surface area contributed by atoms with Gasteiger partial charge in [0.05, 0.1) is 11.7 Å². The van der Waals surface area contributed by atoms with Gasteiger partial charge in [0.15, 0.2) is 0 Å². The van der Waals surface area contributed by atoms with Crippen LogP contribution in [-0.4, -0.2) is 23.4 Å². The first-order valence-electron chi connectivity index (χ1n) is 6.08. The molecule has 0 amide bonds. The summed E-state index contributed by atoms with van der Waals surface area (Å²) >= 11 is 0. The molecule has 17 heavy (non-hydrogen) atoms. The summed E-state index contributed by atoms with van der Waals surface area (Å²) in [5.74, 6) is -0.274. The Morgan fingerprint density at radius 3 is 2.65 bits per heavy atom. The Hall–Kier alpha value is -0.930. The zero-order valence-electron chi connectivity index (χ0n) is 10.7. The Morgan fingerprint density at radius 1 is 1.41 bits per heavy atom. The highest BCUT2D eigenvalue weighted by Gasteiger charge is 2.31. The van der Waals surface area contributed by atoms with Gasteiger partial charge in [-0.3, -0.25) is 0 Å². The van der Waals surface area contributed by atoms with E-state index in [1.54, 1.807) is 6.07 Å². The average Bonchev–Trinajstić information content (AvgIpc) is 2.29. The lowest BCUT2D eigenvalue weighted by atomic mass is 9.90. The lowest BCUT2D eigenvalue weighted by Crippen LogP contribution is -2.42. The SMILES string of the molecule is CCOC(C)(CC)C(O)Cc1cccc(F)c1. The fraction of sp³-hybridized carbons (Fsp3) is 0.571. The van der Waals surface area contributed by atoms with Gasteiger partial charge >= 0.3 is 0 Å². The second-order valence-corrected chi connectivity index (χ2v) is 4.45. The zero-order chi connectivity index (χ0) is 12.9. The predicted molar refractivity (Wildman–Crippen MR) is 66.4 cm³/mol. The first-order chi connectivity index (χ1) is 8.01. The fourth-order valence-corrected chi connectivity index (χ4v) is 1.87. The van der Waals surface area contributed by atoms with Crippen LogP contribution in [0.1, 0.15) is 32.8 Å².